The largest absolute Gasteiger partial charge is 0.285 e. The van der Waals surface area contributed by atoms with Crippen molar-refractivity contribution in [3.8, 4) is 0 Å². The minimum Gasteiger partial charge on any atom is -0.285 e. The van der Waals surface area contributed by atoms with Gasteiger partial charge in [0.1, 0.15) is 11.6 Å². The molecule has 0 spiro atoms. The van der Waals surface area contributed by atoms with E-state index in [1.165, 1.54) is 25.4 Å². The number of halogens is 2. The van der Waals surface area contributed by atoms with E-state index in [2.05, 4.69) is 9.97 Å². The molecule has 1 heterocycles. The highest BCUT2D eigenvalue weighted by Gasteiger charge is 2.22. The molecule has 0 unspecified atom stereocenters. The zero-order chi connectivity index (χ0) is 13.3. The molecule has 0 fully saturated rings. The van der Waals surface area contributed by atoms with E-state index in [9.17, 15) is 13.6 Å². The van der Waals surface area contributed by atoms with Crippen LogP contribution >= 0.6 is 0 Å². The fraction of sp³-hybridized carbons (Fsp3) is 0.154. The number of carbonyl (C=O) groups is 1. The summed E-state index contributed by atoms with van der Waals surface area (Å²) in [6.45, 7) is 3.21. The molecule has 0 saturated heterocycles. The maximum Gasteiger partial charge on any atom is 0.236 e. The first-order valence-corrected chi connectivity index (χ1v) is 5.28. The highest BCUT2D eigenvalue weighted by molar-refractivity contribution is 6.06. The molecule has 5 heteroatoms. The van der Waals surface area contributed by atoms with Crippen molar-refractivity contribution >= 4 is 5.78 Å². The molecule has 2 rings (SSSR count). The topological polar surface area (TPSA) is 42.9 Å². The number of aryl methyl sites for hydroxylation is 2. The van der Waals surface area contributed by atoms with E-state index in [0.717, 1.165) is 11.6 Å². The van der Waals surface area contributed by atoms with Gasteiger partial charge in [-0.25, -0.2) is 18.7 Å². The molecule has 0 atom stereocenters. The normalized spacial score (nSPS) is 10.4. The van der Waals surface area contributed by atoms with E-state index in [1.54, 1.807) is 6.92 Å². The Balaban J connectivity index is 2.52. The summed E-state index contributed by atoms with van der Waals surface area (Å²) >= 11 is 0. The number of benzene rings is 1. The van der Waals surface area contributed by atoms with Crippen molar-refractivity contribution in [2.45, 2.75) is 13.8 Å². The van der Waals surface area contributed by atoms with Crippen LogP contribution in [0.5, 0.6) is 0 Å². The van der Waals surface area contributed by atoms with Gasteiger partial charge in [-0.15, -0.1) is 0 Å². The monoisotopic (exact) mass is 248 g/mol. The Morgan fingerprint density at radius 1 is 1.11 bits per heavy atom. The molecule has 2 aromatic rings. The maximum atomic E-state index is 13.8. The lowest BCUT2D eigenvalue weighted by Gasteiger charge is -2.05. The minimum atomic E-state index is -0.910. The molecule has 0 aliphatic rings. The van der Waals surface area contributed by atoms with Crippen LogP contribution in [0.2, 0.25) is 0 Å². The second-order valence-corrected chi connectivity index (χ2v) is 3.97. The highest BCUT2D eigenvalue weighted by atomic mass is 19.1. The van der Waals surface area contributed by atoms with Gasteiger partial charge in [0.05, 0.1) is 5.56 Å². The standard InChI is InChI=1S/C13H10F2N2O/c1-7-5-16-13(17-6-7)12(18)10-9(14)4-3-8(2)11(10)15/h3-6H,1-2H3. The van der Waals surface area contributed by atoms with Gasteiger partial charge in [-0.1, -0.05) is 6.07 Å². The number of carbonyl (C=O) groups excluding carboxylic acids is 1. The van der Waals surface area contributed by atoms with Gasteiger partial charge in [0.15, 0.2) is 0 Å². The fourth-order valence-electron chi connectivity index (χ4n) is 1.49. The van der Waals surface area contributed by atoms with Gasteiger partial charge in [-0.05, 0) is 31.0 Å². The van der Waals surface area contributed by atoms with Gasteiger partial charge in [0.2, 0.25) is 11.6 Å². The number of hydrogen-bond acceptors (Lipinski definition) is 3. The van der Waals surface area contributed by atoms with Crippen LogP contribution in [0.25, 0.3) is 0 Å². The first kappa shape index (κ1) is 12.3. The van der Waals surface area contributed by atoms with Crippen molar-refractivity contribution in [2.75, 3.05) is 0 Å². The summed E-state index contributed by atoms with van der Waals surface area (Å²) in [6, 6.07) is 2.33. The number of ketones is 1. The van der Waals surface area contributed by atoms with E-state index in [0.29, 0.717) is 0 Å². The average molecular weight is 248 g/mol. The maximum absolute atomic E-state index is 13.8. The van der Waals surface area contributed by atoms with Gasteiger partial charge < -0.3 is 0 Å². The van der Waals surface area contributed by atoms with Crippen LogP contribution < -0.4 is 0 Å². The van der Waals surface area contributed by atoms with Crippen molar-refractivity contribution in [3.05, 3.63) is 58.7 Å². The molecule has 1 aromatic carbocycles. The Kier molecular flexibility index (Phi) is 3.14. The Morgan fingerprint density at radius 2 is 1.72 bits per heavy atom. The van der Waals surface area contributed by atoms with Crippen LogP contribution in [0.4, 0.5) is 8.78 Å². The Hall–Kier alpha value is -2.17. The molecule has 0 aliphatic carbocycles. The average Bonchev–Trinajstić information content (AvgIpc) is 2.35. The predicted molar refractivity (Wildman–Crippen MR) is 61.3 cm³/mol. The molecule has 92 valence electrons. The molecule has 0 N–H and O–H groups in total. The SMILES string of the molecule is Cc1cnc(C(=O)c2c(F)ccc(C)c2F)nc1. The predicted octanol–water partition coefficient (Wildman–Crippen LogP) is 2.60. The minimum absolute atomic E-state index is 0.201. The lowest BCUT2D eigenvalue weighted by atomic mass is 10.1. The lowest BCUT2D eigenvalue weighted by molar-refractivity contribution is 0.102. The van der Waals surface area contributed by atoms with Crippen LogP contribution in [-0.2, 0) is 0 Å². The van der Waals surface area contributed by atoms with Crippen molar-refractivity contribution in [2.24, 2.45) is 0 Å². The third kappa shape index (κ3) is 2.11. The molecule has 0 bridgehead atoms. The smallest absolute Gasteiger partial charge is 0.236 e. The summed E-state index contributed by atoms with van der Waals surface area (Å²) in [5.41, 5.74) is 0.349. The van der Waals surface area contributed by atoms with Gasteiger partial charge >= 0.3 is 0 Å². The Labute approximate surface area is 103 Å². The molecule has 3 nitrogen and oxygen atoms in total. The number of aromatic nitrogens is 2. The Bertz CT molecular complexity index is 609. The molecular formula is C13H10F2N2O. The van der Waals surface area contributed by atoms with Crippen LogP contribution in [0, 0.1) is 25.5 Å². The van der Waals surface area contributed by atoms with Crippen molar-refractivity contribution in [1.29, 1.82) is 0 Å². The van der Waals surface area contributed by atoms with E-state index in [1.807, 2.05) is 0 Å². The third-order valence-corrected chi connectivity index (χ3v) is 2.50. The van der Waals surface area contributed by atoms with Crippen LogP contribution in [0.3, 0.4) is 0 Å². The first-order valence-electron chi connectivity index (χ1n) is 5.28. The number of rotatable bonds is 2. The third-order valence-electron chi connectivity index (χ3n) is 2.50. The van der Waals surface area contributed by atoms with Crippen LogP contribution in [0.1, 0.15) is 27.3 Å². The summed E-state index contributed by atoms with van der Waals surface area (Å²) < 4.78 is 27.3. The van der Waals surface area contributed by atoms with E-state index in [-0.39, 0.29) is 11.4 Å². The zero-order valence-electron chi connectivity index (χ0n) is 9.87. The summed E-state index contributed by atoms with van der Waals surface area (Å²) in [6.07, 6.45) is 2.84. The zero-order valence-corrected chi connectivity index (χ0v) is 9.87. The summed E-state index contributed by atoms with van der Waals surface area (Å²) in [7, 11) is 0. The molecule has 0 saturated carbocycles. The lowest BCUT2D eigenvalue weighted by Crippen LogP contribution is -2.12. The molecule has 0 aliphatic heterocycles. The molecule has 18 heavy (non-hydrogen) atoms. The summed E-state index contributed by atoms with van der Waals surface area (Å²) in [4.78, 5) is 19.5. The van der Waals surface area contributed by atoms with Crippen LogP contribution in [0.15, 0.2) is 24.5 Å². The van der Waals surface area contributed by atoms with Gasteiger partial charge in [-0.3, -0.25) is 4.79 Å². The summed E-state index contributed by atoms with van der Waals surface area (Å²) in [5, 5.41) is 0. The molecule has 0 amide bonds. The van der Waals surface area contributed by atoms with E-state index >= 15 is 0 Å². The van der Waals surface area contributed by atoms with E-state index < -0.39 is 23.0 Å². The van der Waals surface area contributed by atoms with Crippen molar-refractivity contribution < 1.29 is 13.6 Å². The number of hydrogen-bond donors (Lipinski definition) is 0. The van der Waals surface area contributed by atoms with Crippen molar-refractivity contribution in [1.82, 2.24) is 9.97 Å². The first-order chi connectivity index (χ1) is 8.50. The molecule has 0 radical (unpaired) electrons. The second kappa shape index (κ2) is 4.60. The highest BCUT2D eigenvalue weighted by Crippen LogP contribution is 2.18. The number of nitrogens with zero attached hydrogens (tertiary/aromatic N) is 2. The van der Waals surface area contributed by atoms with Crippen molar-refractivity contribution in [3.63, 3.8) is 0 Å². The van der Waals surface area contributed by atoms with Gasteiger partial charge in [0, 0.05) is 12.4 Å². The fourth-order valence-corrected chi connectivity index (χ4v) is 1.49. The van der Waals surface area contributed by atoms with Crippen LogP contribution in [-0.4, -0.2) is 15.8 Å². The van der Waals surface area contributed by atoms with Gasteiger partial charge in [-0.2, -0.15) is 0 Å². The van der Waals surface area contributed by atoms with E-state index in [4.69, 9.17) is 0 Å². The quantitative estimate of drug-likeness (QED) is 0.767. The summed E-state index contributed by atoms with van der Waals surface area (Å²) in [5.74, 6) is -2.85. The second-order valence-electron chi connectivity index (χ2n) is 3.97. The molecular weight excluding hydrogens is 238 g/mol. The molecule has 1 aromatic heterocycles. The van der Waals surface area contributed by atoms with Gasteiger partial charge in [0.25, 0.3) is 0 Å². The Morgan fingerprint density at radius 3 is 2.33 bits per heavy atom.